The molecule has 0 spiro atoms. The molecule has 1 aromatic carbocycles. The lowest BCUT2D eigenvalue weighted by atomic mass is 10.2. The topological polar surface area (TPSA) is 42.5 Å². The molecule has 24 heavy (non-hydrogen) atoms. The van der Waals surface area contributed by atoms with Crippen LogP contribution in [0.1, 0.15) is 19.4 Å². The van der Waals surface area contributed by atoms with Crippen molar-refractivity contribution in [3.8, 4) is 11.3 Å². The van der Waals surface area contributed by atoms with Crippen molar-refractivity contribution in [3.05, 3.63) is 70.4 Å². The summed E-state index contributed by atoms with van der Waals surface area (Å²) in [6.07, 6.45) is 3.51. The number of benzene rings is 1. The minimum atomic E-state index is -0.256. The average molecular weight is 340 g/mol. The van der Waals surface area contributed by atoms with Crippen molar-refractivity contribution in [2.24, 2.45) is 10.1 Å². The zero-order valence-corrected chi connectivity index (χ0v) is 14.3. The van der Waals surface area contributed by atoms with Crippen LogP contribution in [0.3, 0.4) is 0 Å². The predicted octanol–water partition coefficient (Wildman–Crippen LogP) is 3.94. The molecule has 0 amide bonds. The van der Waals surface area contributed by atoms with E-state index in [1.165, 1.54) is 23.5 Å². The summed E-state index contributed by atoms with van der Waals surface area (Å²) < 4.78 is 15.0. The molecule has 0 N–H and O–H groups in total. The maximum atomic E-state index is 13.2. The van der Waals surface area contributed by atoms with Crippen LogP contribution in [0, 0.1) is 5.82 Å². The monoisotopic (exact) mass is 340 g/mol. The molecule has 4 nitrogen and oxygen atoms in total. The summed E-state index contributed by atoms with van der Waals surface area (Å²) in [5.41, 5.74) is 3.56. The third kappa shape index (κ3) is 3.49. The van der Waals surface area contributed by atoms with Crippen LogP contribution in [0.2, 0.25) is 0 Å². The molecular formula is C18H17FN4S. The molecule has 0 aliphatic rings. The summed E-state index contributed by atoms with van der Waals surface area (Å²) in [6.45, 7) is 4.59. The highest BCUT2D eigenvalue weighted by Gasteiger charge is 2.09. The van der Waals surface area contributed by atoms with Crippen LogP contribution in [0.4, 0.5) is 4.39 Å². The Morgan fingerprint density at radius 1 is 1.25 bits per heavy atom. The highest BCUT2D eigenvalue weighted by atomic mass is 32.1. The van der Waals surface area contributed by atoms with Crippen molar-refractivity contribution in [2.45, 2.75) is 13.8 Å². The van der Waals surface area contributed by atoms with Crippen molar-refractivity contribution < 1.29 is 4.39 Å². The first kappa shape index (κ1) is 16.3. The molecule has 3 rings (SSSR count). The Hall–Kier alpha value is -2.60. The largest absolute Gasteiger partial charge is 0.264 e. The molecule has 0 aliphatic heterocycles. The second-order valence-electron chi connectivity index (χ2n) is 5.12. The van der Waals surface area contributed by atoms with E-state index in [1.807, 2.05) is 36.0 Å². The molecule has 0 bridgehead atoms. The van der Waals surface area contributed by atoms with E-state index in [9.17, 15) is 4.39 Å². The highest BCUT2D eigenvalue weighted by molar-refractivity contribution is 7.07. The van der Waals surface area contributed by atoms with Gasteiger partial charge in [-0.1, -0.05) is 6.07 Å². The van der Waals surface area contributed by atoms with E-state index in [4.69, 9.17) is 5.10 Å². The average Bonchev–Trinajstić information content (AvgIpc) is 2.99. The SMILES string of the molecule is CCN=c1scc(-c2ccc(F)cc2)n1N=C(C)c1cccnc1. The van der Waals surface area contributed by atoms with Gasteiger partial charge in [0.15, 0.2) is 0 Å². The Labute approximate surface area is 143 Å². The number of aromatic nitrogens is 2. The van der Waals surface area contributed by atoms with Crippen molar-refractivity contribution in [1.82, 2.24) is 9.66 Å². The molecule has 0 saturated carbocycles. The van der Waals surface area contributed by atoms with Gasteiger partial charge in [-0.05, 0) is 44.2 Å². The van der Waals surface area contributed by atoms with Crippen LogP contribution < -0.4 is 4.80 Å². The molecule has 2 aromatic heterocycles. The molecule has 6 heteroatoms. The van der Waals surface area contributed by atoms with Gasteiger partial charge in [-0.15, -0.1) is 11.3 Å². The molecule has 0 aliphatic carbocycles. The van der Waals surface area contributed by atoms with Crippen LogP contribution in [0.25, 0.3) is 11.3 Å². The Morgan fingerprint density at radius 3 is 2.71 bits per heavy atom. The second kappa shape index (κ2) is 7.31. The quantitative estimate of drug-likeness (QED) is 0.663. The van der Waals surface area contributed by atoms with E-state index in [1.54, 1.807) is 24.5 Å². The molecular weight excluding hydrogens is 323 g/mol. The lowest BCUT2D eigenvalue weighted by Gasteiger charge is -2.06. The minimum Gasteiger partial charge on any atom is -0.264 e. The van der Waals surface area contributed by atoms with Gasteiger partial charge in [0.1, 0.15) is 5.82 Å². The van der Waals surface area contributed by atoms with Crippen LogP contribution >= 0.6 is 11.3 Å². The molecule has 122 valence electrons. The summed E-state index contributed by atoms with van der Waals surface area (Å²) >= 11 is 1.52. The Bertz CT molecular complexity index is 908. The molecule has 0 unspecified atom stereocenters. The van der Waals surface area contributed by atoms with Crippen LogP contribution in [0.5, 0.6) is 0 Å². The summed E-state index contributed by atoms with van der Waals surface area (Å²) in [5.74, 6) is -0.256. The zero-order valence-electron chi connectivity index (χ0n) is 13.5. The maximum absolute atomic E-state index is 13.2. The van der Waals surface area contributed by atoms with Crippen molar-refractivity contribution in [1.29, 1.82) is 0 Å². The normalized spacial score (nSPS) is 12.6. The smallest absolute Gasteiger partial charge is 0.206 e. The molecule has 0 radical (unpaired) electrons. The first-order valence-electron chi connectivity index (χ1n) is 7.62. The van der Waals surface area contributed by atoms with E-state index < -0.39 is 0 Å². The fraction of sp³-hybridized carbons (Fsp3) is 0.167. The van der Waals surface area contributed by atoms with Gasteiger partial charge in [-0.2, -0.15) is 5.10 Å². The third-order valence-electron chi connectivity index (χ3n) is 3.45. The summed E-state index contributed by atoms with van der Waals surface area (Å²) in [5, 5.41) is 6.71. The number of hydrogen-bond acceptors (Lipinski definition) is 4. The zero-order chi connectivity index (χ0) is 16.9. The van der Waals surface area contributed by atoms with Gasteiger partial charge < -0.3 is 0 Å². The van der Waals surface area contributed by atoms with Gasteiger partial charge in [0.25, 0.3) is 0 Å². The van der Waals surface area contributed by atoms with Crippen LogP contribution in [-0.2, 0) is 0 Å². The molecule has 0 atom stereocenters. The van der Waals surface area contributed by atoms with Crippen molar-refractivity contribution in [2.75, 3.05) is 6.54 Å². The fourth-order valence-corrected chi connectivity index (χ4v) is 3.14. The van der Waals surface area contributed by atoms with Crippen LogP contribution in [0.15, 0.2) is 64.3 Å². The first-order chi connectivity index (χ1) is 11.7. The molecule has 2 heterocycles. The van der Waals surface area contributed by atoms with Gasteiger partial charge in [0.05, 0.1) is 11.4 Å². The summed E-state index contributed by atoms with van der Waals surface area (Å²) in [7, 11) is 0. The van der Waals surface area contributed by atoms with E-state index in [2.05, 4.69) is 9.98 Å². The standard InChI is InChI=1S/C18H17FN4S/c1-3-21-18-23(22-13(2)15-5-4-10-20-11-15)17(12-24-18)14-6-8-16(19)9-7-14/h4-12H,3H2,1-2H3. The van der Waals surface area contributed by atoms with E-state index in [-0.39, 0.29) is 5.82 Å². The highest BCUT2D eigenvalue weighted by Crippen LogP contribution is 2.20. The fourth-order valence-electron chi connectivity index (χ4n) is 2.24. The predicted molar refractivity (Wildman–Crippen MR) is 95.7 cm³/mol. The Kier molecular flexibility index (Phi) is 4.96. The van der Waals surface area contributed by atoms with Crippen LogP contribution in [-0.4, -0.2) is 21.9 Å². The lowest BCUT2D eigenvalue weighted by Crippen LogP contribution is -2.14. The van der Waals surface area contributed by atoms with Gasteiger partial charge >= 0.3 is 0 Å². The second-order valence-corrected chi connectivity index (χ2v) is 5.96. The number of pyridine rings is 1. The van der Waals surface area contributed by atoms with Gasteiger partial charge in [0.2, 0.25) is 4.80 Å². The van der Waals surface area contributed by atoms with Crippen molar-refractivity contribution in [3.63, 3.8) is 0 Å². The molecule has 3 aromatic rings. The third-order valence-corrected chi connectivity index (χ3v) is 4.30. The number of halogens is 1. The summed E-state index contributed by atoms with van der Waals surface area (Å²) in [4.78, 5) is 9.44. The number of hydrogen-bond donors (Lipinski definition) is 0. The van der Waals surface area contributed by atoms with E-state index >= 15 is 0 Å². The Morgan fingerprint density at radius 2 is 2.04 bits per heavy atom. The number of rotatable bonds is 4. The number of thiazole rings is 1. The first-order valence-corrected chi connectivity index (χ1v) is 8.50. The maximum Gasteiger partial charge on any atom is 0.206 e. The minimum absolute atomic E-state index is 0.256. The Balaban J connectivity index is 2.13. The molecule has 0 saturated heterocycles. The number of nitrogens with zero attached hydrogens (tertiary/aromatic N) is 4. The lowest BCUT2D eigenvalue weighted by molar-refractivity contribution is 0.628. The molecule has 0 fully saturated rings. The van der Waals surface area contributed by atoms with Crippen molar-refractivity contribution >= 4 is 17.0 Å². The summed E-state index contributed by atoms with van der Waals surface area (Å²) in [6, 6.07) is 10.2. The van der Waals surface area contributed by atoms with Gasteiger partial charge in [0, 0.05) is 35.4 Å². The van der Waals surface area contributed by atoms with E-state index in [0.717, 1.165) is 27.3 Å². The van der Waals surface area contributed by atoms with E-state index in [0.29, 0.717) is 6.54 Å². The van der Waals surface area contributed by atoms with Gasteiger partial charge in [-0.25, -0.2) is 9.07 Å². The van der Waals surface area contributed by atoms with Gasteiger partial charge in [-0.3, -0.25) is 9.98 Å².